The van der Waals surface area contributed by atoms with Crippen LogP contribution in [0.2, 0.25) is 0 Å². The van der Waals surface area contributed by atoms with Crippen molar-refractivity contribution in [2.75, 3.05) is 4.90 Å². The van der Waals surface area contributed by atoms with Crippen molar-refractivity contribution in [2.45, 2.75) is 32.9 Å². The molecule has 1 N–H and O–H groups in total. The fraction of sp³-hybridized carbons (Fsp3) is 0.238. The van der Waals surface area contributed by atoms with Crippen LogP contribution in [0.3, 0.4) is 0 Å². The predicted molar refractivity (Wildman–Crippen MR) is 113 cm³/mol. The van der Waals surface area contributed by atoms with E-state index in [4.69, 9.17) is 12.2 Å². The number of pyridine rings is 1. The summed E-state index contributed by atoms with van der Waals surface area (Å²) in [6, 6.07) is 17.1. The number of thiophene rings is 1. The van der Waals surface area contributed by atoms with Crippen LogP contribution in [0.25, 0.3) is 0 Å². The maximum atomic E-state index is 5.75. The van der Waals surface area contributed by atoms with Crippen LogP contribution >= 0.6 is 23.6 Å². The lowest BCUT2D eigenvalue weighted by molar-refractivity contribution is 0.575. The van der Waals surface area contributed by atoms with E-state index >= 15 is 0 Å². The highest BCUT2D eigenvalue weighted by atomic mass is 32.1. The van der Waals surface area contributed by atoms with Gasteiger partial charge < -0.3 is 10.2 Å². The summed E-state index contributed by atoms with van der Waals surface area (Å²) < 4.78 is 0. The molecule has 0 unspecified atom stereocenters. The highest BCUT2D eigenvalue weighted by molar-refractivity contribution is 7.80. The molecule has 1 aliphatic rings. The van der Waals surface area contributed by atoms with Crippen molar-refractivity contribution in [2.24, 2.45) is 0 Å². The third-order valence-electron chi connectivity index (χ3n) is 4.92. The van der Waals surface area contributed by atoms with E-state index in [9.17, 15) is 0 Å². The molecular weight excluding hydrogens is 358 g/mol. The lowest BCUT2D eigenvalue weighted by Gasteiger charge is -2.27. The summed E-state index contributed by atoms with van der Waals surface area (Å²) in [7, 11) is 0. The first kappa shape index (κ1) is 17.2. The monoisotopic (exact) mass is 379 g/mol. The summed E-state index contributed by atoms with van der Waals surface area (Å²) in [4.78, 5) is 9.43. The molecular formula is C21H21N3S2. The van der Waals surface area contributed by atoms with Gasteiger partial charge in [0.15, 0.2) is 5.11 Å². The van der Waals surface area contributed by atoms with Gasteiger partial charge in [-0.05, 0) is 80.5 Å². The van der Waals surface area contributed by atoms with Gasteiger partial charge in [-0.15, -0.1) is 11.3 Å². The molecule has 0 spiro atoms. The maximum absolute atomic E-state index is 5.75. The lowest BCUT2D eigenvalue weighted by Crippen LogP contribution is -2.29. The number of aryl methyl sites for hydroxylation is 3. The minimum atomic E-state index is 0.0309. The van der Waals surface area contributed by atoms with Crippen LogP contribution in [0.5, 0.6) is 0 Å². The molecule has 1 saturated heterocycles. The van der Waals surface area contributed by atoms with E-state index in [0.717, 1.165) is 16.5 Å². The van der Waals surface area contributed by atoms with Gasteiger partial charge in [0, 0.05) is 21.6 Å². The average Bonchev–Trinajstić information content (AvgIpc) is 3.21. The summed E-state index contributed by atoms with van der Waals surface area (Å²) in [5.41, 5.74) is 4.70. The Kier molecular flexibility index (Phi) is 4.51. The molecule has 0 amide bonds. The third-order valence-corrected chi connectivity index (χ3v) is 6.31. The zero-order valence-corrected chi connectivity index (χ0v) is 16.7. The Bertz CT molecular complexity index is 949. The third kappa shape index (κ3) is 3.02. The largest absolute Gasteiger partial charge is 0.351 e. The zero-order chi connectivity index (χ0) is 18.3. The Morgan fingerprint density at radius 2 is 1.88 bits per heavy atom. The number of aromatic nitrogens is 1. The topological polar surface area (TPSA) is 28.2 Å². The van der Waals surface area contributed by atoms with E-state index < -0.39 is 0 Å². The minimum Gasteiger partial charge on any atom is -0.351 e. The Morgan fingerprint density at radius 3 is 2.54 bits per heavy atom. The molecule has 5 heteroatoms. The van der Waals surface area contributed by atoms with Crippen molar-refractivity contribution in [1.29, 1.82) is 0 Å². The van der Waals surface area contributed by atoms with Crippen molar-refractivity contribution in [1.82, 2.24) is 10.3 Å². The zero-order valence-electron chi connectivity index (χ0n) is 15.1. The average molecular weight is 380 g/mol. The Labute approximate surface area is 163 Å². The Balaban J connectivity index is 1.83. The Hall–Kier alpha value is -2.24. The SMILES string of the molecule is Cc1ccc([C@H]2[C@H](c3ccccn3)NC(=S)N2c2ccc(C)c(C)c2)s1. The summed E-state index contributed by atoms with van der Waals surface area (Å²) in [5, 5.41) is 4.26. The van der Waals surface area contributed by atoms with Gasteiger partial charge >= 0.3 is 0 Å². The molecule has 0 saturated carbocycles. The highest BCUT2D eigenvalue weighted by Gasteiger charge is 2.41. The van der Waals surface area contributed by atoms with Crippen molar-refractivity contribution in [3.05, 3.63) is 81.3 Å². The molecule has 2 atom stereocenters. The van der Waals surface area contributed by atoms with Gasteiger partial charge in [0.2, 0.25) is 0 Å². The predicted octanol–water partition coefficient (Wildman–Crippen LogP) is 5.25. The summed E-state index contributed by atoms with van der Waals surface area (Å²) >= 11 is 7.57. The van der Waals surface area contributed by atoms with Gasteiger partial charge in [-0.2, -0.15) is 0 Å². The number of thiocarbonyl (C=S) groups is 1. The van der Waals surface area contributed by atoms with Crippen molar-refractivity contribution >= 4 is 34.4 Å². The molecule has 4 rings (SSSR count). The molecule has 0 bridgehead atoms. The van der Waals surface area contributed by atoms with Crippen LogP contribution in [-0.2, 0) is 0 Å². The highest BCUT2D eigenvalue weighted by Crippen LogP contribution is 2.43. The first-order chi connectivity index (χ1) is 12.5. The van der Waals surface area contributed by atoms with Crippen LogP contribution in [0, 0.1) is 20.8 Å². The smallest absolute Gasteiger partial charge is 0.174 e. The molecule has 1 aliphatic heterocycles. The second kappa shape index (κ2) is 6.82. The first-order valence-corrected chi connectivity index (χ1v) is 9.91. The van der Waals surface area contributed by atoms with Crippen LogP contribution in [0.1, 0.15) is 38.7 Å². The van der Waals surface area contributed by atoms with Gasteiger partial charge in [0.25, 0.3) is 0 Å². The standard InChI is InChI=1S/C21H21N3S2/c1-13-7-9-16(12-14(13)2)24-20(18-10-8-15(3)26-18)19(23-21(24)25)17-6-4-5-11-22-17/h4-12,19-20H,1-3H3,(H,23,25)/t19-,20-/m0/s1. The number of hydrogen-bond acceptors (Lipinski definition) is 3. The molecule has 26 heavy (non-hydrogen) atoms. The second-order valence-corrected chi connectivity index (χ2v) is 8.42. The molecule has 2 aromatic heterocycles. The van der Waals surface area contributed by atoms with E-state index in [-0.39, 0.29) is 12.1 Å². The van der Waals surface area contributed by atoms with E-state index in [1.807, 2.05) is 29.7 Å². The molecule has 0 aliphatic carbocycles. The number of rotatable bonds is 3. The lowest BCUT2D eigenvalue weighted by atomic mass is 10.0. The van der Waals surface area contributed by atoms with Gasteiger partial charge in [-0.1, -0.05) is 12.1 Å². The van der Waals surface area contributed by atoms with E-state index in [1.165, 1.54) is 20.9 Å². The van der Waals surface area contributed by atoms with Crippen molar-refractivity contribution in [3.63, 3.8) is 0 Å². The molecule has 0 radical (unpaired) electrons. The summed E-state index contributed by atoms with van der Waals surface area (Å²) in [6.45, 7) is 6.42. The number of nitrogens with one attached hydrogen (secondary N) is 1. The van der Waals surface area contributed by atoms with Gasteiger partial charge in [-0.25, -0.2) is 0 Å². The van der Waals surface area contributed by atoms with Crippen molar-refractivity contribution < 1.29 is 0 Å². The summed E-state index contributed by atoms with van der Waals surface area (Å²) in [5.74, 6) is 0. The molecule has 1 fully saturated rings. The fourth-order valence-electron chi connectivity index (χ4n) is 3.41. The van der Waals surface area contributed by atoms with E-state index in [0.29, 0.717) is 0 Å². The number of nitrogens with zero attached hydrogens (tertiary/aromatic N) is 2. The molecule has 3 nitrogen and oxygen atoms in total. The molecule has 3 heterocycles. The normalized spacial score (nSPS) is 19.7. The fourth-order valence-corrected chi connectivity index (χ4v) is 4.76. The van der Waals surface area contributed by atoms with Crippen LogP contribution in [0.4, 0.5) is 5.69 Å². The van der Waals surface area contributed by atoms with Gasteiger partial charge in [0.05, 0.1) is 17.8 Å². The van der Waals surface area contributed by atoms with Gasteiger partial charge in [0.1, 0.15) is 0 Å². The van der Waals surface area contributed by atoms with Crippen molar-refractivity contribution in [3.8, 4) is 0 Å². The molecule has 1 aromatic carbocycles. The Morgan fingerprint density at radius 1 is 1.04 bits per heavy atom. The maximum Gasteiger partial charge on any atom is 0.174 e. The minimum absolute atomic E-state index is 0.0309. The molecule has 132 valence electrons. The van der Waals surface area contributed by atoms with Gasteiger partial charge in [-0.3, -0.25) is 4.98 Å². The van der Waals surface area contributed by atoms with Crippen LogP contribution in [-0.4, -0.2) is 10.1 Å². The van der Waals surface area contributed by atoms with E-state index in [1.54, 1.807) is 0 Å². The van der Waals surface area contributed by atoms with Crippen LogP contribution in [0.15, 0.2) is 54.7 Å². The number of hydrogen-bond donors (Lipinski definition) is 1. The molecule has 3 aromatic rings. The first-order valence-electron chi connectivity index (χ1n) is 8.69. The quantitative estimate of drug-likeness (QED) is 0.630. The van der Waals surface area contributed by atoms with E-state index in [2.05, 4.69) is 72.4 Å². The number of benzene rings is 1. The second-order valence-electron chi connectivity index (χ2n) is 6.71. The van der Waals surface area contributed by atoms with Crippen LogP contribution < -0.4 is 10.2 Å². The number of anilines is 1. The summed E-state index contributed by atoms with van der Waals surface area (Å²) in [6.07, 6.45) is 1.84.